The van der Waals surface area contributed by atoms with E-state index in [2.05, 4.69) is 12.0 Å². The van der Waals surface area contributed by atoms with Gasteiger partial charge in [0.15, 0.2) is 0 Å². The fourth-order valence-corrected chi connectivity index (χ4v) is 1.75. The second-order valence-corrected chi connectivity index (χ2v) is 3.61. The molecule has 3 nitrogen and oxygen atoms in total. The maximum atomic E-state index is 5.92. The van der Waals surface area contributed by atoms with E-state index in [1.54, 1.807) is 0 Å². The molecule has 0 amide bonds. The molecule has 12 heavy (non-hydrogen) atoms. The van der Waals surface area contributed by atoms with Crippen molar-refractivity contribution < 1.29 is 0 Å². The Morgan fingerprint density at radius 3 is 3.08 bits per heavy atom. The van der Waals surface area contributed by atoms with E-state index in [4.69, 9.17) is 5.73 Å². The lowest BCUT2D eigenvalue weighted by Crippen LogP contribution is -2.36. The number of hydrazone groups is 1. The van der Waals surface area contributed by atoms with Crippen molar-refractivity contribution in [3.63, 3.8) is 0 Å². The van der Waals surface area contributed by atoms with E-state index in [-0.39, 0.29) is 5.41 Å². The Balaban J connectivity index is 2.46. The summed E-state index contributed by atoms with van der Waals surface area (Å²) in [6.07, 6.45) is 5.94. The van der Waals surface area contributed by atoms with E-state index in [9.17, 15) is 0 Å². The van der Waals surface area contributed by atoms with Gasteiger partial charge < -0.3 is 5.73 Å². The van der Waals surface area contributed by atoms with Gasteiger partial charge in [0, 0.05) is 12.7 Å². The number of fused-ring (bicyclic) bond motifs is 1. The lowest BCUT2D eigenvalue weighted by Gasteiger charge is -2.26. The molecule has 2 rings (SSSR count). The molecule has 0 saturated heterocycles. The summed E-state index contributed by atoms with van der Waals surface area (Å²) in [5.74, 6) is 0. The monoisotopic (exact) mass is 163 g/mol. The zero-order valence-corrected chi connectivity index (χ0v) is 7.41. The highest BCUT2D eigenvalue weighted by molar-refractivity contribution is 6.03. The van der Waals surface area contributed by atoms with Crippen LogP contribution >= 0.6 is 0 Å². The van der Waals surface area contributed by atoms with Gasteiger partial charge in [-0.25, -0.2) is 0 Å². The summed E-state index contributed by atoms with van der Waals surface area (Å²) in [6, 6.07) is 0. The van der Waals surface area contributed by atoms with Crippen molar-refractivity contribution in [2.24, 2.45) is 16.3 Å². The van der Waals surface area contributed by atoms with Gasteiger partial charge in [-0.15, -0.1) is 0 Å². The first-order valence-corrected chi connectivity index (χ1v) is 4.07. The Labute approximate surface area is 72.2 Å². The SMILES string of the molecule is CN1CC2(C)C(N)=CC=CC2=N1. The van der Waals surface area contributed by atoms with Gasteiger partial charge in [0.25, 0.3) is 0 Å². The molecule has 1 heterocycles. The van der Waals surface area contributed by atoms with Crippen LogP contribution in [0.25, 0.3) is 0 Å². The molecule has 0 aromatic heterocycles. The highest BCUT2D eigenvalue weighted by atomic mass is 15.5. The fraction of sp³-hybridized carbons (Fsp3) is 0.444. The Bertz CT molecular complexity index is 301. The Morgan fingerprint density at radius 1 is 1.67 bits per heavy atom. The van der Waals surface area contributed by atoms with E-state index in [0.29, 0.717) is 0 Å². The molecule has 3 heteroatoms. The van der Waals surface area contributed by atoms with Crippen molar-refractivity contribution in [1.82, 2.24) is 5.01 Å². The molecular formula is C9H13N3. The number of rotatable bonds is 0. The maximum Gasteiger partial charge on any atom is 0.0741 e. The molecule has 2 N–H and O–H groups in total. The first kappa shape index (κ1) is 7.40. The minimum absolute atomic E-state index is 0.0521. The van der Waals surface area contributed by atoms with Crippen LogP contribution < -0.4 is 5.73 Å². The number of allylic oxidation sites excluding steroid dienone is 3. The van der Waals surface area contributed by atoms with Crippen LogP contribution in [0, 0.1) is 5.41 Å². The van der Waals surface area contributed by atoms with Gasteiger partial charge in [-0.1, -0.05) is 6.08 Å². The van der Waals surface area contributed by atoms with Crippen LogP contribution in [-0.2, 0) is 0 Å². The van der Waals surface area contributed by atoms with E-state index >= 15 is 0 Å². The van der Waals surface area contributed by atoms with Crippen LogP contribution in [0.5, 0.6) is 0 Å². The average Bonchev–Trinajstić information content (AvgIpc) is 2.27. The molecule has 0 radical (unpaired) electrons. The summed E-state index contributed by atoms with van der Waals surface area (Å²) in [6.45, 7) is 3.01. The lowest BCUT2D eigenvalue weighted by atomic mass is 9.80. The van der Waals surface area contributed by atoms with Crippen molar-refractivity contribution in [2.75, 3.05) is 13.6 Å². The van der Waals surface area contributed by atoms with E-state index < -0.39 is 0 Å². The molecule has 2 aliphatic rings. The van der Waals surface area contributed by atoms with Crippen LogP contribution in [0.4, 0.5) is 0 Å². The van der Waals surface area contributed by atoms with Gasteiger partial charge in [-0.2, -0.15) is 5.10 Å². The number of hydrogen-bond acceptors (Lipinski definition) is 3. The molecule has 0 aromatic carbocycles. The first-order valence-electron chi connectivity index (χ1n) is 4.07. The van der Waals surface area contributed by atoms with Crippen molar-refractivity contribution in [3.05, 3.63) is 23.9 Å². The van der Waals surface area contributed by atoms with Crippen LogP contribution in [0.1, 0.15) is 6.92 Å². The van der Waals surface area contributed by atoms with Crippen molar-refractivity contribution in [1.29, 1.82) is 0 Å². The minimum Gasteiger partial charge on any atom is -0.401 e. The zero-order chi connectivity index (χ0) is 8.77. The summed E-state index contributed by atoms with van der Waals surface area (Å²) in [5, 5.41) is 6.31. The fourth-order valence-electron chi connectivity index (χ4n) is 1.75. The average molecular weight is 163 g/mol. The Kier molecular flexibility index (Phi) is 1.31. The second-order valence-electron chi connectivity index (χ2n) is 3.61. The smallest absolute Gasteiger partial charge is 0.0741 e. The first-order chi connectivity index (χ1) is 5.63. The van der Waals surface area contributed by atoms with Crippen LogP contribution in [0.15, 0.2) is 29.0 Å². The van der Waals surface area contributed by atoms with Crippen molar-refractivity contribution >= 4 is 5.71 Å². The topological polar surface area (TPSA) is 41.6 Å². The van der Waals surface area contributed by atoms with Gasteiger partial charge in [0.05, 0.1) is 17.7 Å². The van der Waals surface area contributed by atoms with Crippen molar-refractivity contribution in [3.8, 4) is 0 Å². The van der Waals surface area contributed by atoms with E-state index in [0.717, 1.165) is 18.0 Å². The molecular weight excluding hydrogens is 150 g/mol. The summed E-state index contributed by atoms with van der Waals surface area (Å²) in [4.78, 5) is 0. The highest BCUT2D eigenvalue weighted by Crippen LogP contribution is 2.34. The molecule has 64 valence electrons. The summed E-state index contributed by atoms with van der Waals surface area (Å²) >= 11 is 0. The predicted molar refractivity (Wildman–Crippen MR) is 49.6 cm³/mol. The lowest BCUT2D eigenvalue weighted by molar-refractivity contribution is 0.327. The third-order valence-electron chi connectivity index (χ3n) is 2.56. The number of nitrogens with two attached hydrogens (primary N) is 1. The second kappa shape index (κ2) is 2.12. The maximum absolute atomic E-state index is 5.92. The van der Waals surface area contributed by atoms with Gasteiger partial charge in [-0.3, -0.25) is 5.01 Å². The zero-order valence-electron chi connectivity index (χ0n) is 7.41. The minimum atomic E-state index is -0.0521. The third-order valence-corrected chi connectivity index (χ3v) is 2.56. The molecule has 0 bridgehead atoms. The number of nitrogens with zero attached hydrogens (tertiary/aromatic N) is 2. The third kappa shape index (κ3) is 0.793. The van der Waals surface area contributed by atoms with Crippen molar-refractivity contribution in [2.45, 2.75) is 6.92 Å². The summed E-state index contributed by atoms with van der Waals surface area (Å²) in [5.41, 5.74) is 7.85. The molecule has 1 unspecified atom stereocenters. The van der Waals surface area contributed by atoms with Gasteiger partial charge in [0.1, 0.15) is 0 Å². The highest BCUT2D eigenvalue weighted by Gasteiger charge is 2.39. The predicted octanol–water partition coefficient (Wildman–Crippen LogP) is 0.707. The van der Waals surface area contributed by atoms with Gasteiger partial charge in [0.2, 0.25) is 0 Å². The van der Waals surface area contributed by atoms with Crippen LogP contribution in [0.3, 0.4) is 0 Å². The molecule has 1 atom stereocenters. The van der Waals surface area contributed by atoms with Crippen LogP contribution in [-0.4, -0.2) is 24.3 Å². The Hall–Kier alpha value is -1.25. The van der Waals surface area contributed by atoms with Crippen LogP contribution in [0.2, 0.25) is 0 Å². The summed E-state index contributed by atoms with van der Waals surface area (Å²) in [7, 11) is 1.97. The largest absolute Gasteiger partial charge is 0.401 e. The van der Waals surface area contributed by atoms with E-state index in [1.165, 1.54) is 0 Å². The Morgan fingerprint density at radius 2 is 2.42 bits per heavy atom. The van der Waals surface area contributed by atoms with Gasteiger partial charge in [-0.05, 0) is 19.1 Å². The molecule has 0 fully saturated rings. The van der Waals surface area contributed by atoms with Gasteiger partial charge >= 0.3 is 0 Å². The summed E-state index contributed by atoms with van der Waals surface area (Å²) < 4.78 is 0. The quantitative estimate of drug-likeness (QED) is 0.571. The number of hydrogen-bond donors (Lipinski definition) is 1. The normalized spacial score (nSPS) is 33.0. The molecule has 1 aliphatic heterocycles. The molecule has 0 aromatic rings. The molecule has 0 saturated carbocycles. The molecule has 0 spiro atoms. The standard InChI is InChI=1S/C9H13N3/c1-9-6-12(2)11-8(9)5-3-4-7(9)10/h3-5H,6,10H2,1-2H3. The molecule has 1 aliphatic carbocycles. The van der Waals surface area contributed by atoms with E-state index in [1.807, 2.05) is 30.3 Å².